The molecule has 0 saturated heterocycles. The molecule has 0 aromatic carbocycles. The van der Waals surface area contributed by atoms with Gasteiger partial charge in [-0.1, -0.05) is 0 Å². The molecule has 2 rings (SSSR count). The lowest BCUT2D eigenvalue weighted by Crippen LogP contribution is -2.26. The van der Waals surface area contributed by atoms with Crippen LogP contribution < -0.4 is 16.6 Å². The number of aliphatic hydroxyl groups is 1. The van der Waals surface area contributed by atoms with E-state index in [0.717, 1.165) is 12.8 Å². The van der Waals surface area contributed by atoms with Crippen LogP contribution in [0.15, 0.2) is 12.4 Å². The van der Waals surface area contributed by atoms with Gasteiger partial charge in [-0.15, -0.1) is 0 Å². The van der Waals surface area contributed by atoms with Gasteiger partial charge in [-0.25, -0.2) is 10.8 Å². The van der Waals surface area contributed by atoms with Crippen molar-refractivity contribution < 1.29 is 5.11 Å². The Hall–Kier alpha value is -1.40. The molecule has 0 atom stereocenters. The molecule has 0 spiro atoms. The van der Waals surface area contributed by atoms with Crippen LogP contribution in [0.2, 0.25) is 0 Å². The molecule has 1 aliphatic rings. The molecule has 0 amide bonds. The van der Waals surface area contributed by atoms with Crippen LogP contribution in [-0.4, -0.2) is 27.2 Å². The summed E-state index contributed by atoms with van der Waals surface area (Å²) in [5, 5.41) is 12.2. The van der Waals surface area contributed by atoms with Crippen LogP contribution in [0, 0.1) is 0 Å². The summed E-state index contributed by atoms with van der Waals surface area (Å²) in [6.45, 7) is 0.120. The second-order valence-electron chi connectivity index (χ2n) is 3.50. The minimum absolute atomic E-state index is 0.120. The number of nitrogens with one attached hydrogen (secondary N) is 2. The summed E-state index contributed by atoms with van der Waals surface area (Å²) in [6.07, 6.45) is 5.07. The number of hydrogen-bond acceptors (Lipinski definition) is 6. The SMILES string of the molecule is NNc1cncc(NC2(CO)CC2)n1. The first-order valence-electron chi connectivity index (χ1n) is 4.46. The standard InChI is InChI=1S/C8H13N5O/c9-13-7-4-10-3-6(11-7)12-8(5-14)1-2-8/h3-4,14H,1-2,5,9H2,(H2,11,12,13). The van der Waals surface area contributed by atoms with Gasteiger partial charge in [0.05, 0.1) is 24.5 Å². The van der Waals surface area contributed by atoms with Gasteiger partial charge in [0, 0.05) is 0 Å². The van der Waals surface area contributed by atoms with E-state index in [-0.39, 0.29) is 12.1 Å². The molecule has 1 aromatic heterocycles. The highest BCUT2D eigenvalue weighted by atomic mass is 16.3. The number of nitrogen functional groups attached to an aromatic ring is 1. The predicted octanol–water partition coefficient (Wildman–Crippen LogP) is -0.301. The minimum Gasteiger partial charge on any atom is -0.394 e. The van der Waals surface area contributed by atoms with E-state index >= 15 is 0 Å². The van der Waals surface area contributed by atoms with Gasteiger partial charge in [0.1, 0.15) is 5.82 Å². The highest BCUT2D eigenvalue weighted by molar-refractivity contribution is 5.44. The monoisotopic (exact) mass is 195 g/mol. The second-order valence-corrected chi connectivity index (χ2v) is 3.50. The molecule has 0 unspecified atom stereocenters. The third-order valence-electron chi connectivity index (χ3n) is 2.33. The van der Waals surface area contributed by atoms with Crippen LogP contribution in [0.1, 0.15) is 12.8 Å². The van der Waals surface area contributed by atoms with Crippen molar-refractivity contribution in [2.24, 2.45) is 5.84 Å². The molecule has 5 N–H and O–H groups in total. The topological polar surface area (TPSA) is 96.1 Å². The fourth-order valence-electron chi connectivity index (χ4n) is 1.24. The van der Waals surface area contributed by atoms with Crippen molar-refractivity contribution in [3.05, 3.63) is 12.4 Å². The number of nitrogens with two attached hydrogens (primary N) is 1. The van der Waals surface area contributed by atoms with Crippen molar-refractivity contribution in [2.75, 3.05) is 17.3 Å². The molecule has 1 fully saturated rings. The molecule has 1 heterocycles. The van der Waals surface area contributed by atoms with Crippen LogP contribution in [0.5, 0.6) is 0 Å². The first kappa shape index (κ1) is 9.17. The molecule has 0 aliphatic heterocycles. The average molecular weight is 195 g/mol. The van der Waals surface area contributed by atoms with Gasteiger partial charge < -0.3 is 15.8 Å². The summed E-state index contributed by atoms with van der Waals surface area (Å²) >= 11 is 0. The highest BCUT2D eigenvalue weighted by Gasteiger charge is 2.42. The fourth-order valence-corrected chi connectivity index (χ4v) is 1.24. The number of aliphatic hydroxyl groups excluding tert-OH is 1. The molecule has 14 heavy (non-hydrogen) atoms. The third-order valence-corrected chi connectivity index (χ3v) is 2.33. The van der Waals surface area contributed by atoms with Crippen LogP contribution in [0.3, 0.4) is 0 Å². The van der Waals surface area contributed by atoms with E-state index in [0.29, 0.717) is 11.6 Å². The maximum Gasteiger partial charge on any atom is 0.160 e. The van der Waals surface area contributed by atoms with Crippen molar-refractivity contribution in [2.45, 2.75) is 18.4 Å². The van der Waals surface area contributed by atoms with Gasteiger partial charge in [0.2, 0.25) is 0 Å². The Morgan fingerprint density at radius 3 is 2.71 bits per heavy atom. The summed E-state index contributed by atoms with van der Waals surface area (Å²) < 4.78 is 0. The zero-order chi connectivity index (χ0) is 10.0. The van der Waals surface area contributed by atoms with Crippen molar-refractivity contribution >= 4 is 11.6 Å². The molecule has 1 aromatic rings. The Bertz CT molecular complexity index is 325. The van der Waals surface area contributed by atoms with E-state index in [1.807, 2.05) is 0 Å². The molecular weight excluding hydrogens is 182 g/mol. The molecular formula is C8H13N5O. The van der Waals surface area contributed by atoms with Gasteiger partial charge in [0.15, 0.2) is 5.82 Å². The van der Waals surface area contributed by atoms with Gasteiger partial charge in [-0.2, -0.15) is 0 Å². The largest absolute Gasteiger partial charge is 0.394 e. The van der Waals surface area contributed by atoms with Gasteiger partial charge >= 0.3 is 0 Å². The molecule has 6 nitrogen and oxygen atoms in total. The van der Waals surface area contributed by atoms with E-state index in [1.54, 1.807) is 6.20 Å². The summed E-state index contributed by atoms with van der Waals surface area (Å²) in [6, 6.07) is 0. The molecule has 1 aliphatic carbocycles. The first-order valence-corrected chi connectivity index (χ1v) is 4.46. The van der Waals surface area contributed by atoms with E-state index in [2.05, 4.69) is 20.7 Å². The predicted molar refractivity (Wildman–Crippen MR) is 52.5 cm³/mol. The minimum atomic E-state index is -0.179. The zero-order valence-corrected chi connectivity index (χ0v) is 7.70. The lowest BCUT2D eigenvalue weighted by Gasteiger charge is -2.14. The van der Waals surface area contributed by atoms with Crippen molar-refractivity contribution in [3.8, 4) is 0 Å². The first-order chi connectivity index (χ1) is 6.78. The fraction of sp³-hybridized carbons (Fsp3) is 0.500. The van der Waals surface area contributed by atoms with Crippen molar-refractivity contribution in [1.82, 2.24) is 9.97 Å². The molecule has 0 bridgehead atoms. The van der Waals surface area contributed by atoms with Crippen molar-refractivity contribution in [1.29, 1.82) is 0 Å². The highest BCUT2D eigenvalue weighted by Crippen LogP contribution is 2.37. The average Bonchev–Trinajstić information content (AvgIpc) is 2.99. The van der Waals surface area contributed by atoms with Crippen molar-refractivity contribution in [3.63, 3.8) is 0 Å². The van der Waals surface area contributed by atoms with Crippen LogP contribution in [0.25, 0.3) is 0 Å². The Labute approximate surface area is 81.5 Å². The van der Waals surface area contributed by atoms with E-state index in [4.69, 9.17) is 10.9 Å². The smallest absolute Gasteiger partial charge is 0.160 e. The van der Waals surface area contributed by atoms with Gasteiger partial charge in [0.25, 0.3) is 0 Å². The summed E-state index contributed by atoms with van der Waals surface area (Å²) in [5.41, 5.74) is 2.24. The van der Waals surface area contributed by atoms with Crippen LogP contribution >= 0.6 is 0 Å². The van der Waals surface area contributed by atoms with Gasteiger partial charge in [-0.05, 0) is 12.8 Å². The van der Waals surface area contributed by atoms with E-state index in [9.17, 15) is 0 Å². The Morgan fingerprint density at radius 2 is 2.14 bits per heavy atom. The molecule has 6 heteroatoms. The third kappa shape index (κ3) is 1.75. The second kappa shape index (κ2) is 3.39. The number of nitrogens with zero attached hydrogens (tertiary/aromatic N) is 2. The lowest BCUT2D eigenvalue weighted by atomic mass is 10.3. The Kier molecular flexibility index (Phi) is 2.22. The maximum atomic E-state index is 9.09. The normalized spacial score (nSPS) is 17.6. The summed E-state index contributed by atoms with van der Waals surface area (Å²) in [4.78, 5) is 8.10. The quantitative estimate of drug-likeness (QED) is 0.389. The maximum absolute atomic E-state index is 9.09. The number of hydrogen-bond donors (Lipinski definition) is 4. The van der Waals surface area contributed by atoms with E-state index < -0.39 is 0 Å². The lowest BCUT2D eigenvalue weighted by molar-refractivity contribution is 0.266. The Balaban J connectivity index is 2.09. The number of anilines is 2. The molecule has 76 valence electrons. The zero-order valence-electron chi connectivity index (χ0n) is 7.70. The summed E-state index contributed by atoms with van der Waals surface area (Å²) in [5.74, 6) is 6.34. The van der Waals surface area contributed by atoms with Crippen LogP contribution in [0.4, 0.5) is 11.6 Å². The Morgan fingerprint density at radius 1 is 1.43 bits per heavy atom. The molecule has 0 radical (unpaired) electrons. The van der Waals surface area contributed by atoms with E-state index in [1.165, 1.54) is 6.20 Å². The van der Waals surface area contributed by atoms with Crippen LogP contribution in [-0.2, 0) is 0 Å². The molecule has 1 saturated carbocycles. The number of hydrazine groups is 1. The number of aromatic nitrogens is 2. The number of rotatable bonds is 4. The van der Waals surface area contributed by atoms with Gasteiger partial charge in [-0.3, -0.25) is 4.98 Å². The summed E-state index contributed by atoms with van der Waals surface area (Å²) in [7, 11) is 0.